The molecule has 8 nitrogen and oxygen atoms in total. The van der Waals surface area contributed by atoms with Crippen LogP contribution < -0.4 is 10.1 Å². The third-order valence-electron chi connectivity index (χ3n) is 3.45. The van der Waals surface area contributed by atoms with Gasteiger partial charge in [-0.3, -0.25) is 10.1 Å². The lowest BCUT2D eigenvalue weighted by atomic mass is 9.80. The second-order valence-corrected chi connectivity index (χ2v) is 5.49. The fourth-order valence-corrected chi connectivity index (χ4v) is 2.28. The molecule has 9 heteroatoms. The lowest BCUT2D eigenvalue weighted by Gasteiger charge is -2.38. The topological polar surface area (TPSA) is 111 Å². The number of alkyl carbamates (subject to hydrolysis) is 1. The minimum atomic E-state index is -0.635. The van der Waals surface area contributed by atoms with Crippen LogP contribution in [-0.2, 0) is 4.74 Å². The minimum Gasteiger partial charge on any atom is -0.504 e. The molecule has 1 aliphatic rings. The summed E-state index contributed by atoms with van der Waals surface area (Å²) in [5.41, 5.74) is -0.551. The van der Waals surface area contributed by atoms with Crippen molar-refractivity contribution in [1.82, 2.24) is 5.32 Å². The monoisotopic (exact) mass is 332 g/mol. The third-order valence-corrected chi connectivity index (χ3v) is 3.45. The average molecular weight is 333 g/mol. The number of nitrogens with one attached hydrogen (secondary N) is 1. The molecule has 1 fully saturated rings. The van der Waals surface area contributed by atoms with Gasteiger partial charge in [-0.2, -0.15) is 0 Å². The van der Waals surface area contributed by atoms with E-state index >= 15 is 0 Å². The molecule has 1 aliphatic heterocycles. The molecule has 2 N–H and O–H groups in total. The molecular formula is C13H17ClN2O6. The van der Waals surface area contributed by atoms with Crippen LogP contribution in [0.25, 0.3) is 0 Å². The van der Waals surface area contributed by atoms with E-state index in [1.54, 1.807) is 0 Å². The van der Waals surface area contributed by atoms with Crippen molar-refractivity contribution >= 4 is 24.2 Å². The Labute approximate surface area is 133 Å². The Kier molecular flexibility index (Phi) is 5.08. The normalized spacial score (nSPS) is 19.4. The van der Waals surface area contributed by atoms with E-state index in [1.807, 2.05) is 13.8 Å². The molecule has 0 radical (unpaired) electrons. The van der Waals surface area contributed by atoms with Crippen LogP contribution in [0.2, 0.25) is 0 Å². The number of ether oxygens (including phenoxy) is 2. The quantitative estimate of drug-likeness (QED) is 0.650. The first-order chi connectivity index (χ1) is 9.76. The van der Waals surface area contributed by atoms with E-state index in [-0.39, 0.29) is 41.8 Å². The molecule has 1 amide bonds. The maximum atomic E-state index is 11.4. The maximum absolute atomic E-state index is 11.4. The van der Waals surface area contributed by atoms with Gasteiger partial charge in [0.25, 0.3) is 5.69 Å². The number of carbonyl (C=O) groups excluding carboxylic acids is 1. The lowest BCUT2D eigenvalue weighted by Crippen LogP contribution is -2.46. The van der Waals surface area contributed by atoms with Crippen LogP contribution >= 0.6 is 12.4 Å². The van der Waals surface area contributed by atoms with Gasteiger partial charge in [0.1, 0.15) is 6.61 Å². The van der Waals surface area contributed by atoms with Crippen LogP contribution in [0, 0.1) is 15.5 Å². The fourth-order valence-electron chi connectivity index (χ4n) is 2.28. The van der Waals surface area contributed by atoms with E-state index in [2.05, 4.69) is 5.32 Å². The van der Waals surface area contributed by atoms with Gasteiger partial charge in [0.15, 0.2) is 11.5 Å². The van der Waals surface area contributed by atoms with Gasteiger partial charge in [-0.15, -0.1) is 12.4 Å². The number of benzene rings is 1. The van der Waals surface area contributed by atoms with E-state index in [4.69, 9.17) is 9.47 Å². The van der Waals surface area contributed by atoms with Gasteiger partial charge < -0.3 is 19.9 Å². The molecule has 1 saturated heterocycles. The number of nitro benzene ring substituents is 1. The summed E-state index contributed by atoms with van der Waals surface area (Å²) in [5, 5.41) is 23.8. The number of aromatic hydroxyl groups is 1. The molecule has 1 aromatic rings. The number of nitrogens with zero attached hydrogens (tertiary/aromatic N) is 1. The molecule has 0 spiro atoms. The van der Waals surface area contributed by atoms with Gasteiger partial charge >= 0.3 is 6.09 Å². The second-order valence-electron chi connectivity index (χ2n) is 5.49. The Morgan fingerprint density at radius 1 is 1.50 bits per heavy atom. The van der Waals surface area contributed by atoms with Crippen molar-refractivity contribution in [3.05, 3.63) is 27.8 Å². The number of halogens is 1. The SMILES string of the molecule is COc1cc([N+](=O)[O-])cc([C@@H]2NC(=O)OCC2(C)C)c1O.Cl. The van der Waals surface area contributed by atoms with Crippen molar-refractivity contribution in [3.8, 4) is 11.5 Å². The predicted octanol–water partition coefficient (Wildman–Crippen LogP) is 2.54. The summed E-state index contributed by atoms with van der Waals surface area (Å²) in [6.45, 7) is 3.78. The van der Waals surface area contributed by atoms with Crippen molar-refractivity contribution in [1.29, 1.82) is 0 Å². The molecule has 0 bridgehead atoms. The molecular weight excluding hydrogens is 316 g/mol. The summed E-state index contributed by atoms with van der Waals surface area (Å²) in [4.78, 5) is 21.9. The minimum absolute atomic E-state index is 0. The number of phenolic OH excluding ortho intramolecular Hbond substituents is 1. The van der Waals surface area contributed by atoms with Crippen LogP contribution in [0.5, 0.6) is 11.5 Å². The van der Waals surface area contributed by atoms with Gasteiger partial charge in [0.05, 0.1) is 24.1 Å². The number of carbonyl (C=O) groups is 1. The third kappa shape index (κ3) is 3.16. The Bertz CT molecular complexity index is 604. The van der Waals surface area contributed by atoms with Gasteiger partial charge in [-0.05, 0) is 0 Å². The van der Waals surface area contributed by atoms with Crippen LogP contribution in [0.1, 0.15) is 25.5 Å². The van der Waals surface area contributed by atoms with Gasteiger partial charge in [0.2, 0.25) is 0 Å². The number of phenols is 1. The summed E-state index contributed by atoms with van der Waals surface area (Å²) in [6, 6.07) is 1.73. The number of non-ortho nitro benzene ring substituents is 1. The van der Waals surface area contributed by atoms with Gasteiger partial charge in [-0.1, -0.05) is 13.8 Å². The Hall–Kier alpha value is -2.22. The number of hydrogen-bond acceptors (Lipinski definition) is 6. The van der Waals surface area contributed by atoms with Crippen molar-refractivity contribution in [2.45, 2.75) is 19.9 Å². The first kappa shape index (κ1) is 17.8. The maximum Gasteiger partial charge on any atom is 0.407 e. The van der Waals surface area contributed by atoms with E-state index < -0.39 is 22.5 Å². The zero-order valence-electron chi connectivity index (χ0n) is 12.3. The zero-order chi connectivity index (χ0) is 15.8. The Morgan fingerprint density at radius 2 is 2.14 bits per heavy atom. The standard InChI is InChI=1S/C13H16N2O6.ClH/c1-13(2)6-21-12(17)14-11(13)8-4-7(15(18)19)5-9(20-3)10(8)16;/h4-5,11,16H,6H2,1-3H3,(H,14,17);1H/t11-;/m0./s1. The molecule has 1 heterocycles. The van der Waals surface area contributed by atoms with E-state index in [9.17, 15) is 20.0 Å². The highest BCUT2D eigenvalue weighted by molar-refractivity contribution is 5.85. The summed E-state index contributed by atoms with van der Waals surface area (Å²) >= 11 is 0. The fraction of sp³-hybridized carbons (Fsp3) is 0.462. The largest absolute Gasteiger partial charge is 0.504 e. The molecule has 0 saturated carbocycles. The summed E-state index contributed by atoms with van der Waals surface area (Å²) < 4.78 is 9.89. The first-order valence-electron chi connectivity index (χ1n) is 6.25. The van der Waals surface area contributed by atoms with Crippen LogP contribution in [0.15, 0.2) is 12.1 Å². The van der Waals surface area contributed by atoms with Gasteiger partial charge in [-0.25, -0.2) is 4.79 Å². The first-order valence-corrected chi connectivity index (χ1v) is 6.25. The number of rotatable bonds is 3. The highest BCUT2D eigenvalue weighted by Gasteiger charge is 2.40. The van der Waals surface area contributed by atoms with Crippen molar-refractivity contribution in [2.75, 3.05) is 13.7 Å². The molecule has 2 rings (SSSR count). The van der Waals surface area contributed by atoms with E-state index in [1.165, 1.54) is 13.2 Å². The molecule has 22 heavy (non-hydrogen) atoms. The summed E-state index contributed by atoms with van der Waals surface area (Å²) in [6.07, 6.45) is -0.635. The molecule has 0 aliphatic carbocycles. The van der Waals surface area contributed by atoms with E-state index in [0.29, 0.717) is 0 Å². The van der Waals surface area contributed by atoms with E-state index in [0.717, 1.165) is 6.07 Å². The summed E-state index contributed by atoms with van der Waals surface area (Å²) in [5.74, 6) is -0.251. The predicted molar refractivity (Wildman–Crippen MR) is 79.6 cm³/mol. The van der Waals surface area contributed by atoms with Crippen molar-refractivity contribution in [3.63, 3.8) is 0 Å². The van der Waals surface area contributed by atoms with Gasteiger partial charge in [0, 0.05) is 17.0 Å². The number of cyclic esters (lactones) is 1. The summed E-state index contributed by atoms with van der Waals surface area (Å²) in [7, 11) is 1.30. The Balaban J connectivity index is 0.00000242. The number of amides is 1. The number of nitro groups is 1. The molecule has 1 atom stereocenters. The highest BCUT2D eigenvalue weighted by Crippen LogP contribution is 2.44. The molecule has 0 aromatic heterocycles. The second kappa shape index (κ2) is 6.27. The zero-order valence-corrected chi connectivity index (χ0v) is 13.1. The van der Waals surface area contributed by atoms with Crippen LogP contribution in [0.4, 0.5) is 10.5 Å². The van der Waals surface area contributed by atoms with Crippen molar-refractivity contribution in [2.24, 2.45) is 5.41 Å². The molecule has 122 valence electrons. The lowest BCUT2D eigenvalue weighted by molar-refractivity contribution is -0.385. The van der Waals surface area contributed by atoms with Crippen LogP contribution in [-0.4, -0.2) is 29.8 Å². The molecule has 1 aromatic carbocycles. The number of methoxy groups -OCH3 is 1. The average Bonchev–Trinajstić information content (AvgIpc) is 2.42. The Morgan fingerprint density at radius 3 is 2.68 bits per heavy atom. The van der Waals surface area contributed by atoms with Crippen LogP contribution in [0.3, 0.4) is 0 Å². The highest BCUT2D eigenvalue weighted by atomic mass is 35.5. The smallest absolute Gasteiger partial charge is 0.407 e. The van der Waals surface area contributed by atoms with Crippen molar-refractivity contribution < 1.29 is 24.3 Å². The molecule has 0 unspecified atom stereocenters. The number of hydrogen-bond donors (Lipinski definition) is 2.